The normalized spacial score (nSPS) is 30.1. The zero-order valence-corrected chi connectivity index (χ0v) is 15.5. The van der Waals surface area contributed by atoms with E-state index in [1.165, 1.54) is 12.8 Å². The van der Waals surface area contributed by atoms with Gasteiger partial charge >= 0.3 is 0 Å². The molecule has 0 spiro atoms. The van der Waals surface area contributed by atoms with Gasteiger partial charge < -0.3 is 19.7 Å². The summed E-state index contributed by atoms with van der Waals surface area (Å²) < 4.78 is 11.8. The van der Waals surface area contributed by atoms with E-state index in [0.717, 1.165) is 37.4 Å². The molecule has 138 valence electrons. The fraction of sp³-hybridized carbons (Fsp3) is 0.632. The van der Waals surface area contributed by atoms with Crippen molar-refractivity contribution in [2.75, 3.05) is 33.3 Å². The number of nitrogens with one attached hydrogen (secondary N) is 1. The summed E-state index contributed by atoms with van der Waals surface area (Å²) in [6.07, 6.45) is 4.48. The summed E-state index contributed by atoms with van der Waals surface area (Å²) in [6.45, 7) is 2.87. The van der Waals surface area contributed by atoms with E-state index >= 15 is 0 Å². The molecule has 5 nitrogen and oxygen atoms in total. The fourth-order valence-corrected chi connectivity index (χ4v) is 4.59. The lowest BCUT2D eigenvalue weighted by molar-refractivity contribution is -0.145. The number of carbonyl (C=O) groups excluding carboxylic acids is 1. The molecule has 1 N–H and O–H groups in total. The molecule has 1 saturated heterocycles. The predicted molar refractivity (Wildman–Crippen MR) is 98.5 cm³/mol. The Labute approximate surface area is 155 Å². The highest BCUT2D eigenvalue weighted by Gasteiger charge is 2.51. The molecule has 2 aliphatic heterocycles. The number of carbonyl (C=O) groups is 1. The number of rotatable bonds is 3. The Kier molecular flexibility index (Phi) is 5.44. The topological polar surface area (TPSA) is 50.8 Å². The van der Waals surface area contributed by atoms with Gasteiger partial charge in [0.25, 0.3) is 0 Å². The van der Waals surface area contributed by atoms with E-state index in [9.17, 15) is 4.79 Å². The third-order valence-corrected chi connectivity index (χ3v) is 5.86. The Morgan fingerprint density at radius 1 is 1.32 bits per heavy atom. The van der Waals surface area contributed by atoms with Gasteiger partial charge in [-0.05, 0) is 37.4 Å². The number of fused-ring (bicyclic) bond motifs is 2. The van der Waals surface area contributed by atoms with E-state index < -0.39 is 0 Å². The summed E-state index contributed by atoms with van der Waals surface area (Å²) >= 11 is 0. The average molecular weight is 367 g/mol. The van der Waals surface area contributed by atoms with Gasteiger partial charge in [-0.3, -0.25) is 4.79 Å². The van der Waals surface area contributed by atoms with E-state index in [4.69, 9.17) is 9.47 Å². The smallest absolute Gasteiger partial charge is 0.230 e. The van der Waals surface area contributed by atoms with Crippen molar-refractivity contribution in [3.63, 3.8) is 0 Å². The maximum atomic E-state index is 13.2. The number of benzene rings is 1. The van der Waals surface area contributed by atoms with Crippen molar-refractivity contribution >= 4 is 18.3 Å². The number of hydrogen-bond donors (Lipinski definition) is 1. The summed E-state index contributed by atoms with van der Waals surface area (Å²) in [4.78, 5) is 15.1. The van der Waals surface area contributed by atoms with E-state index in [-0.39, 0.29) is 29.8 Å². The summed E-state index contributed by atoms with van der Waals surface area (Å²) in [5.74, 6) is 2.32. The molecular weight excluding hydrogens is 340 g/mol. The maximum absolute atomic E-state index is 13.2. The van der Waals surface area contributed by atoms with Gasteiger partial charge in [-0.25, -0.2) is 0 Å². The minimum atomic E-state index is -0.194. The lowest BCUT2D eigenvalue weighted by Gasteiger charge is -2.40. The monoisotopic (exact) mass is 366 g/mol. The molecule has 2 fully saturated rings. The van der Waals surface area contributed by atoms with Gasteiger partial charge in [-0.1, -0.05) is 25.0 Å². The van der Waals surface area contributed by atoms with Crippen molar-refractivity contribution in [2.24, 2.45) is 11.3 Å². The Hall–Kier alpha value is -1.46. The van der Waals surface area contributed by atoms with Crippen LogP contribution in [0.15, 0.2) is 24.3 Å². The number of ether oxygens (including phenoxy) is 2. The molecule has 1 saturated carbocycles. The largest absolute Gasteiger partial charge is 0.486 e. The number of halogens is 1. The van der Waals surface area contributed by atoms with Crippen LogP contribution < -0.4 is 14.8 Å². The first kappa shape index (κ1) is 18.3. The van der Waals surface area contributed by atoms with Crippen LogP contribution in [0.3, 0.4) is 0 Å². The number of hydrogen-bond acceptors (Lipinski definition) is 4. The summed E-state index contributed by atoms with van der Waals surface area (Å²) in [5, 5.41) is 3.45. The van der Waals surface area contributed by atoms with Gasteiger partial charge in [0, 0.05) is 13.6 Å². The zero-order chi connectivity index (χ0) is 16.6. The number of amides is 1. The third-order valence-electron chi connectivity index (χ3n) is 5.86. The first-order chi connectivity index (χ1) is 11.7. The van der Waals surface area contributed by atoms with Crippen LogP contribution in [0.5, 0.6) is 11.5 Å². The van der Waals surface area contributed by atoms with E-state index in [1.54, 1.807) is 0 Å². The van der Waals surface area contributed by atoms with Crippen molar-refractivity contribution < 1.29 is 14.3 Å². The van der Waals surface area contributed by atoms with Gasteiger partial charge in [-0.2, -0.15) is 0 Å². The third kappa shape index (κ3) is 3.32. The standard InChI is InChI=1S/C19H26N2O3.ClH/c1-21(11-15-12-23-16-7-2-3-8-17(16)24-15)18(22)19-9-5-4-6-14(19)10-20-13-19;/h2-3,7-8,14-15,20H,4-6,9-13H2,1H3;1H/t14-,15?,19+;/m0./s1. The van der Waals surface area contributed by atoms with Gasteiger partial charge in [0.15, 0.2) is 17.6 Å². The lowest BCUT2D eigenvalue weighted by Crippen LogP contribution is -2.51. The van der Waals surface area contributed by atoms with Gasteiger partial charge in [0.05, 0.1) is 12.0 Å². The van der Waals surface area contributed by atoms with Crippen LogP contribution in [0, 0.1) is 11.3 Å². The molecule has 1 unspecified atom stereocenters. The molecule has 1 aliphatic carbocycles. The lowest BCUT2D eigenvalue weighted by atomic mass is 9.67. The molecule has 4 rings (SSSR count). The first-order valence-electron chi connectivity index (χ1n) is 9.04. The summed E-state index contributed by atoms with van der Waals surface area (Å²) in [6, 6.07) is 7.71. The molecular formula is C19H27ClN2O3. The van der Waals surface area contributed by atoms with Crippen molar-refractivity contribution in [1.29, 1.82) is 0 Å². The Bertz CT molecular complexity index is 626. The van der Waals surface area contributed by atoms with E-state index in [2.05, 4.69) is 5.32 Å². The van der Waals surface area contributed by atoms with Crippen molar-refractivity contribution in [3.8, 4) is 11.5 Å². The molecule has 0 bridgehead atoms. The van der Waals surface area contributed by atoms with Crippen LogP contribution in [0.1, 0.15) is 25.7 Å². The second kappa shape index (κ2) is 7.42. The second-order valence-electron chi connectivity index (χ2n) is 7.41. The van der Waals surface area contributed by atoms with Crippen LogP contribution >= 0.6 is 12.4 Å². The van der Waals surface area contributed by atoms with Crippen LogP contribution in [0.4, 0.5) is 0 Å². The minimum absolute atomic E-state index is 0. The Morgan fingerprint density at radius 3 is 2.96 bits per heavy atom. The Balaban J connectivity index is 0.00000182. The molecule has 1 aromatic carbocycles. The minimum Gasteiger partial charge on any atom is -0.486 e. The molecule has 3 atom stereocenters. The maximum Gasteiger partial charge on any atom is 0.230 e. The number of para-hydroxylation sites is 2. The molecule has 25 heavy (non-hydrogen) atoms. The highest BCUT2D eigenvalue weighted by molar-refractivity contribution is 5.85. The van der Waals surface area contributed by atoms with Gasteiger partial charge in [-0.15, -0.1) is 12.4 Å². The average Bonchev–Trinajstić information content (AvgIpc) is 3.06. The van der Waals surface area contributed by atoms with Gasteiger partial charge in [0.1, 0.15) is 6.61 Å². The molecule has 0 radical (unpaired) electrons. The molecule has 2 heterocycles. The van der Waals surface area contributed by atoms with Crippen LogP contribution in [0.25, 0.3) is 0 Å². The number of likely N-dealkylation sites (N-methyl/N-ethyl adjacent to an activating group) is 1. The summed E-state index contributed by atoms with van der Waals surface area (Å²) in [5.41, 5.74) is -0.194. The van der Waals surface area contributed by atoms with Crippen LogP contribution in [0.2, 0.25) is 0 Å². The number of nitrogens with zero attached hydrogens (tertiary/aromatic N) is 1. The highest BCUT2D eigenvalue weighted by Crippen LogP contribution is 2.45. The van der Waals surface area contributed by atoms with Crippen molar-refractivity contribution in [1.82, 2.24) is 10.2 Å². The zero-order valence-electron chi connectivity index (χ0n) is 14.7. The van der Waals surface area contributed by atoms with Crippen LogP contribution in [-0.4, -0.2) is 50.2 Å². The second-order valence-corrected chi connectivity index (χ2v) is 7.41. The SMILES string of the molecule is CN(CC1COc2ccccc2O1)C(=O)[C@@]12CCCC[C@H]1CNC2.Cl. The fourth-order valence-electron chi connectivity index (χ4n) is 4.59. The summed E-state index contributed by atoms with van der Waals surface area (Å²) in [7, 11) is 1.91. The Morgan fingerprint density at radius 2 is 2.12 bits per heavy atom. The van der Waals surface area contributed by atoms with Crippen molar-refractivity contribution in [3.05, 3.63) is 24.3 Å². The van der Waals surface area contributed by atoms with E-state index in [1.807, 2.05) is 36.2 Å². The molecule has 1 amide bonds. The molecule has 6 heteroatoms. The quantitative estimate of drug-likeness (QED) is 0.893. The van der Waals surface area contributed by atoms with Gasteiger partial charge in [0.2, 0.25) is 5.91 Å². The molecule has 1 aromatic rings. The van der Waals surface area contributed by atoms with Crippen LogP contribution in [-0.2, 0) is 4.79 Å². The first-order valence-corrected chi connectivity index (χ1v) is 9.04. The highest BCUT2D eigenvalue weighted by atomic mass is 35.5. The predicted octanol–water partition coefficient (Wildman–Crippen LogP) is 2.49. The van der Waals surface area contributed by atoms with E-state index in [0.29, 0.717) is 19.1 Å². The molecule has 0 aromatic heterocycles. The molecule has 3 aliphatic rings. The van der Waals surface area contributed by atoms with Crippen molar-refractivity contribution in [2.45, 2.75) is 31.8 Å².